The zero-order chi connectivity index (χ0) is 18.1. The quantitative estimate of drug-likeness (QED) is 0.298. The van der Waals surface area contributed by atoms with Crippen LogP contribution >= 0.6 is 0 Å². The van der Waals surface area contributed by atoms with E-state index in [9.17, 15) is 9.59 Å². The molecule has 0 fully saturated rings. The maximum atomic E-state index is 11.8. The molecule has 2 aromatic carbocycles. The summed E-state index contributed by atoms with van der Waals surface area (Å²) in [4.78, 5) is 23.0. The molecule has 0 aromatic heterocycles. The first kappa shape index (κ1) is 18.5. The van der Waals surface area contributed by atoms with Crippen molar-refractivity contribution >= 4 is 11.8 Å². The first-order chi connectivity index (χ1) is 12.1. The van der Waals surface area contributed by atoms with Gasteiger partial charge >= 0.3 is 5.97 Å². The fraction of sp³-hybridized carbons (Fsp3) is 0.300. The van der Waals surface area contributed by atoms with Crippen LogP contribution in [-0.2, 0) is 4.79 Å². The molecule has 0 unspecified atom stereocenters. The zero-order valence-electron chi connectivity index (χ0n) is 14.5. The van der Waals surface area contributed by atoms with Crippen molar-refractivity contribution in [2.24, 2.45) is 0 Å². The Morgan fingerprint density at radius 3 is 1.96 bits per heavy atom. The highest BCUT2D eigenvalue weighted by Crippen LogP contribution is 2.18. The Balaban J connectivity index is 1.78. The van der Waals surface area contributed by atoms with Crippen LogP contribution in [0, 0.1) is 0 Å². The molecule has 0 radical (unpaired) electrons. The molecule has 0 bridgehead atoms. The second-order valence-corrected chi connectivity index (χ2v) is 5.52. The Hall–Kier alpha value is -2.82. The fourth-order valence-corrected chi connectivity index (χ4v) is 2.03. The van der Waals surface area contributed by atoms with Gasteiger partial charge in [-0.15, -0.1) is 0 Å². The number of ketones is 1. The molecule has 0 aliphatic heterocycles. The Morgan fingerprint density at radius 1 is 0.840 bits per heavy atom. The Labute approximate surface area is 147 Å². The lowest BCUT2D eigenvalue weighted by atomic mass is 10.1. The summed E-state index contributed by atoms with van der Waals surface area (Å²) in [6.45, 7) is 4.07. The molecular formula is C20H22O5. The van der Waals surface area contributed by atoms with Gasteiger partial charge in [0.15, 0.2) is 12.4 Å². The summed E-state index contributed by atoms with van der Waals surface area (Å²) < 4.78 is 16.1. The number of Topliss-reactive ketones (excluding diaryl/α,β-unsaturated/α-hetero) is 1. The average Bonchev–Trinajstić information content (AvgIpc) is 2.62. The van der Waals surface area contributed by atoms with Gasteiger partial charge in [0, 0.05) is 5.56 Å². The minimum Gasteiger partial charge on any atom is -0.494 e. The van der Waals surface area contributed by atoms with Crippen molar-refractivity contribution in [1.82, 2.24) is 0 Å². The Bertz CT molecular complexity index is 689. The number of benzene rings is 2. The van der Waals surface area contributed by atoms with Gasteiger partial charge in [0.1, 0.15) is 17.2 Å². The van der Waals surface area contributed by atoms with E-state index in [1.807, 2.05) is 0 Å². The van der Waals surface area contributed by atoms with E-state index in [4.69, 9.17) is 14.2 Å². The van der Waals surface area contributed by atoms with Gasteiger partial charge in [-0.25, -0.2) is 4.79 Å². The lowest BCUT2D eigenvalue weighted by molar-refractivity contribution is -0.136. The van der Waals surface area contributed by atoms with Gasteiger partial charge in [0.05, 0.1) is 6.61 Å². The molecular weight excluding hydrogens is 320 g/mol. The number of ether oxygens (including phenoxy) is 3. The topological polar surface area (TPSA) is 61.8 Å². The van der Waals surface area contributed by atoms with Gasteiger partial charge in [-0.3, -0.25) is 4.79 Å². The van der Waals surface area contributed by atoms with E-state index >= 15 is 0 Å². The van der Waals surface area contributed by atoms with Crippen LogP contribution in [0.2, 0.25) is 0 Å². The highest BCUT2D eigenvalue weighted by molar-refractivity contribution is 5.94. The number of esters is 1. The van der Waals surface area contributed by atoms with Crippen molar-refractivity contribution in [3.63, 3.8) is 0 Å². The second kappa shape index (κ2) is 9.47. The minimum absolute atomic E-state index is 0.0386. The van der Waals surface area contributed by atoms with Gasteiger partial charge in [0.2, 0.25) is 0 Å². The van der Waals surface area contributed by atoms with Crippen molar-refractivity contribution < 1.29 is 23.8 Å². The molecule has 0 aliphatic rings. The minimum atomic E-state index is -0.515. The van der Waals surface area contributed by atoms with Crippen LogP contribution < -0.4 is 14.2 Å². The summed E-state index contributed by atoms with van der Waals surface area (Å²) in [5.41, 5.74) is 0.567. The molecule has 5 nitrogen and oxygen atoms in total. The molecule has 0 aliphatic carbocycles. The molecule has 0 N–H and O–H groups in total. The number of unbranched alkanes of at least 4 members (excludes halogenated alkanes) is 1. The standard InChI is InChI=1S/C20H22O5/c1-3-4-13-23-17-9-11-18(12-10-17)24-14-20(22)25-19-7-5-16(6-8-19)15(2)21/h5-12H,3-4,13-14H2,1-2H3. The largest absolute Gasteiger partial charge is 0.494 e. The molecule has 0 saturated heterocycles. The van der Waals surface area contributed by atoms with Crippen LogP contribution in [0.1, 0.15) is 37.0 Å². The Kier molecular flexibility index (Phi) is 7.01. The summed E-state index contributed by atoms with van der Waals surface area (Å²) in [6.07, 6.45) is 2.10. The lowest BCUT2D eigenvalue weighted by Gasteiger charge is -2.09. The molecule has 0 amide bonds. The zero-order valence-corrected chi connectivity index (χ0v) is 14.5. The van der Waals surface area contributed by atoms with Crippen molar-refractivity contribution in [3.05, 3.63) is 54.1 Å². The summed E-state index contributed by atoms with van der Waals surface area (Å²) in [6, 6.07) is 13.5. The summed E-state index contributed by atoms with van der Waals surface area (Å²) in [5, 5.41) is 0. The van der Waals surface area contributed by atoms with Gasteiger partial charge < -0.3 is 14.2 Å². The van der Waals surface area contributed by atoms with E-state index in [2.05, 4.69) is 6.92 Å². The molecule has 5 heteroatoms. The molecule has 0 atom stereocenters. The van der Waals surface area contributed by atoms with Crippen LogP contribution in [0.5, 0.6) is 17.2 Å². The third kappa shape index (κ3) is 6.30. The monoisotopic (exact) mass is 342 g/mol. The Morgan fingerprint density at radius 2 is 1.40 bits per heavy atom. The summed E-state index contributed by atoms with van der Waals surface area (Å²) in [5.74, 6) is 1.15. The van der Waals surface area contributed by atoms with Crippen molar-refractivity contribution in [1.29, 1.82) is 0 Å². The fourth-order valence-electron chi connectivity index (χ4n) is 2.03. The van der Waals surface area contributed by atoms with Crippen molar-refractivity contribution in [3.8, 4) is 17.2 Å². The van der Waals surface area contributed by atoms with Crippen LogP contribution in [-0.4, -0.2) is 25.0 Å². The van der Waals surface area contributed by atoms with Crippen LogP contribution in [0.15, 0.2) is 48.5 Å². The van der Waals surface area contributed by atoms with Crippen LogP contribution in [0.3, 0.4) is 0 Å². The number of carbonyl (C=O) groups is 2. The van der Waals surface area contributed by atoms with E-state index < -0.39 is 5.97 Å². The molecule has 132 valence electrons. The maximum Gasteiger partial charge on any atom is 0.349 e. The average molecular weight is 342 g/mol. The van der Waals surface area contributed by atoms with Gasteiger partial charge in [-0.05, 0) is 61.9 Å². The first-order valence-electron chi connectivity index (χ1n) is 8.26. The smallest absolute Gasteiger partial charge is 0.349 e. The van der Waals surface area contributed by atoms with Gasteiger partial charge in [-0.1, -0.05) is 13.3 Å². The lowest BCUT2D eigenvalue weighted by Crippen LogP contribution is -2.17. The number of hydrogen-bond donors (Lipinski definition) is 0. The number of rotatable bonds is 9. The predicted octanol–water partition coefficient (Wildman–Crippen LogP) is 4.05. The molecule has 0 saturated carbocycles. The molecule has 25 heavy (non-hydrogen) atoms. The van der Waals surface area contributed by atoms with E-state index in [1.165, 1.54) is 6.92 Å². The molecule has 0 spiro atoms. The molecule has 2 rings (SSSR count). The van der Waals surface area contributed by atoms with Crippen LogP contribution in [0.4, 0.5) is 0 Å². The third-order valence-corrected chi connectivity index (χ3v) is 3.44. The van der Waals surface area contributed by atoms with Crippen molar-refractivity contribution in [2.45, 2.75) is 26.7 Å². The van der Waals surface area contributed by atoms with E-state index in [-0.39, 0.29) is 12.4 Å². The number of hydrogen-bond acceptors (Lipinski definition) is 5. The van der Waals surface area contributed by atoms with E-state index in [0.29, 0.717) is 23.7 Å². The SMILES string of the molecule is CCCCOc1ccc(OCC(=O)Oc2ccc(C(C)=O)cc2)cc1. The van der Waals surface area contributed by atoms with Gasteiger partial charge in [-0.2, -0.15) is 0 Å². The molecule has 0 heterocycles. The second-order valence-electron chi connectivity index (χ2n) is 5.52. The third-order valence-electron chi connectivity index (χ3n) is 3.44. The highest BCUT2D eigenvalue weighted by atomic mass is 16.6. The van der Waals surface area contributed by atoms with Gasteiger partial charge in [0.25, 0.3) is 0 Å². The summed E-state index contributed by atoms with van der Waals surface area (Å²) >= 11 is 0. The summed E-state index contributed by atoms with van der Waals surface area (Å²) in [7, 11) is 0. The predicted molar refractivity (Wildman–Crippen MR) is 94.4 cm³/mol. The van der Waals surface area contributed by atoms with E-state index in [0.717, 1.165) is 18.6 Å². The number of carbonyl (C=O) groups excluding carboxylic acids is 2. The van der Waals surface area contributed by atoms with Crippen LogP contribution in [0.25, 0.3) is 0 Å². The maximum absolute atomic E-state index is 11.8. The molecule has 2 aromatic rings. The normalized spacial score (nSPS) is 10.2. The first-order valence-corrected chi connectivity index (χ1v) is 8.26. The highest BCUT2D eigenvalue weighted by Gasteiger charge is 2.07. The van der Waals surface area contributed by atoms with E-state index in [1.54, 1.807) is 48.5 Å². The van der Waals surface area contributed by atoms with Crippen molar-refractivity contribution in [2.75, 3.05) is 13.2 Å².